The highest BCUT2D eigenvalue weighted by Gasteiger charge is 2.42. The predicted octanol–water partition coefficient (Wildman–Crippen LogP) is 4.86. The molecule has 1 heterocycles. The van der Waals surface area contributed by atoms with Crippen LogP contribution in [0, 0.1) is 0 Å². The number of piperidine rings is 1. The quantitative estimate of drug-likeness (QED) is 0.265. The Morgan fingerprint density at radius 2 is 1.62 bits per heavy atom. The SMILES string of the molecule is CCOC(=O)/C=C/CCCN1C([Si](C)(C)C)CCCC1[Si](C)(C)C. The van der Waals surface area contributed by atoms with E-state index in [9.17, 15) is 4.79 Å². The van der Waals surface area contributed by atoms with Crippen molar-refractivity contribution in [2.45, 2.75) is 89.6 Å². The summed E-state index contributed by atoms with van der Waals surface area (Å²) in [5.41, 5.74) is 1.63. The zero-order chi connectivity index (χ0) is 18.4. The normalized spacial score (nSPS) is 23.6. The number of esters is 1. The molecule has 0 aromatic heterocycles. The number of unbranched alkanes of at least 4 members (excludes halogenated alkanes) is 1. The van der Waals surface area contributed by atoms with Crippen LogP contribution in [-0.2, 0) is 9.53 Å². The van der Waals surface area contributed by atoms with Gasteiger partial charge in [-0.2, -0.15) is 0 Å². The lowest BCUT2D eigenvalue weighted by Gasteiger charge is -2.51. The second-order valence-corrected chi connectivity index (χ2v) is 20.0. The number of nitrogens with zero attached hydrogens (tertiary/aromatic N) is 1. The molecule has 140 valence electrons. The molecule has 3 nitrogen and oxygen atoms in total. The third-order valence-electron chi connectivity index (χ3n) is 5.08. The van der Waals surface area contributed by atoms with Crippen molar-refractivity contribution in [3.63, 3.8) is 0 Å². The molecule has 24 heavy (non-hydrogen) atoms. The number of hydrogen-bond acceptors (Lipinski definition) is 3. The molecule has 0 aliphatic carbocycles. The fourth-order valence-corrected chi connectivity index (χ4v) is 8.89. The molecule has 0 spiro atoms. The maximum absolute atomic E-state index is 11.4. The molecule has 0 N–H and O–H groups in total. The maximum Gasteiger partial charge on any atom is 0.330 e. The molecule has 0 bridgehead atoms. The third kappa shape index (κ3) is 6.84. The molecule has 1 saturated heterocycles. The molecule has 2 unspecified atom stereocenters. The van der Waals surface area contributed by atoms with Crippen molar-refractivity contribution in [2.75, 3.05) is 13.2 Å². The Kier molecular flexibility index (Phi) is 8.43. The number of carbonyl (C=O) groups excluding carboxylic acids is 1. The van der Waals surface area contributed by atoms with Gasteiger partial charge in [-0.1, -0.05) is 51.8 Å². The molecular weight excluding hydrogens is 330 g/mol. The van der Waals surface area contributed by atoms with Crippen LogP contribution in [0.1, 0.15) is 39.0 Å². The first-order valence-corrected chi connectivity index (χ1v) is 16.8. The molecule has 1 fully saturated rings. The highest BCUT2D eigenvalue weighted by atomic mass is 28.3. The lowest BCUT2D eigenvalue weighted by molar-refractivity contribution is -0.137. The largest absolute Gasteiger partial charge is 0.463 e. The van der Waals surface area contributed by atoms with Crippen molar-refractivity contribution >= 4 is 22.1 Å². The van der Waals surface area contributed by atoms with Gasteiger partial charge in [0, 0.05) is 17.4 Å². The van der Waals surface area contributed by atoms with Crippen LogP contribution in [0.5, 0.6) is 0 Å². The van der Waals surface area contributed by atoms with Crippen molar-refractivity contribution in [2.24, 2.45) is 0 Å². The number of carbonyl (C=O) groups is 1. The van der Waals surface area contributed by atoms with Crippen LogP contribution in [-0.4, -0.2) is 51.5 Å². The number of hydrogen-bond donors (Lipinski definition) is 0. The monoisotopic (exact) mass is 369 g/mol. The Hall–Kier alpha value is -0.396. The van der Waals surface area contributed by atoms with E-state index in [0.29, 0.717) is 6.61 Å². The summed E-state index contributed by atoms with van der Waals surface area (Å²) < 4.78 is 4.94. The van der Waals surface area contributed by atoms with E-state index >= 15 is 0 Å². The summed E-state index contributed by atoms with van der Waals surface area (Å²) >= 11 is 0. The predicted molar refractivity (Wildman–Crippen MR) is 110 cm³/mol. The van der Waals surface area contributed by atoms with E-state index in [1.54, 1.807) is 6.08 Å². The fraction of sp³-hybridized carbons (Fsp3) is 0.842. The van der Waals surface area contributed by atoms with Gasteiger partial charge in [0.25, 0.3) is 0 Å². The first kappa shape index (κ1) is 21.6. The minimum absolute atomic E-state index is 0.213. The first-order valence-electron chi connectivity index (χ1n) is 9.66. The van der Waals surface area contributed by atoms with Crippen LogP contribution in [0.2, 0.25) is 39.3 Å². The number of rotatable bonds is 8. The van der Waals surface area contributed by atoms with E-state index in [0.717, 1.165) is 24.2 Å². The first-order chi connectivity index (χ1) is 11.1. The number of ether oxygens (including phenoxy) is 1. The highest BCUT2D eigenvalue weighted by Crippen LogP contribution is 2.33. The molecule has 1 aliphatic heterocycles. The zero-order valence-corrected chi connectivity index (χ0v) is 19.0. The van der Waals surface area contributed by atoms with Crippen molar-refractivity contribution in [3.8, 4) is 0 Å². The molecule has 0 aromatic rings. The van der Waals surface area contributed by atoms with Gasteiger partial charge < -0.3 is 9.64 Å². The Morgan fingerprint density at radius 3 is 2.08 bits per heavy atom. The van der Waals surface area contributed by atoms with Gasteiger partial charge in [-0.15, -0.1) is 0 Å². The molecule has 0 amide bonds. The van der Waals surface area contributed by atoms with Crippen LogP contribution in [0.3, 0.4) is 0 Å². The Labute approximate surface area is 151 Å². The van der Waals surface area contributed by atoms with Gasteiger partial charge in [-0.05, 0) is 39.2 Å². The lowest BCUT2D eigenvalue weighted by Crippen LogP contribution is -2.63. The summed E-state index contributed by atoms with van der Waals surface area (Å²) in [6.45, 7) is 18.6. The van der Waals surface area contributed by atoms with E-state index in [2.05, 4.69) is 44.2 Å². The molecule has 0 saturated carbocycles. The summed E-state index contributed by atoms with van der Waals surface area (Å²) in [5, 5.41) is 0. The summed E-state index contributed by atoms with van der Waals surface area (Å²) in [4.78, 5) is 14.3. The lowest BCUT2D eigenvalue weighted by atomic mass is 10.1. The summed E-state index contributed by atoms with van der Waals surface area (Å²) in [6.07, 6.45) is 9.85. The van der Waals surface area contributed by atoms with Crippen LogP contribution in [0.4, 0.5) is 0 Å². The second-order valence-electron chi connectivity index (χ2n) is 9.23. The van der Waals surface area contributed by atoms with Gasteiger partial charge in [0.1, 0.15) is 0 Å². The minimum atomic E-state index is -1.18. The molecule has 0 aromatic carbocycles. The Balaban J connectivity index is 2.67. The Bertz CT molecular complexity index is 402. The van der Waals surface area contributed by atoms with E-state index in [1.165, 1.54) is 25.8 Å². The van der Waals surface area contributed by atoms with Crippen molar-refractivity contribution in [1.82, 2.24) is 4.90 Å². The molecular formula is C19H39NO2Si2. The summed E-state index contributed by atoms with van der Waals surface area (Å²) in [6, 6.07) is 0. The molecule has 0 radical (unpaired) electrons. The molecule has 2 atom stereocenters. The van der Waals surface area contributed by atoms with E-state index < -0.39 is 16.1 Å². The van der Waals surface area contributed by atoms with Gasteiger partial charge in [0.05, 0.1) is 22.8 Å². The molecule has 1 rings (SSSR count). The second kappa shape index (κ2) is 9.34. The van der Waals surface area contributed by atoms with E-state index in [-0.39, 0.29) is 5.97 Å². The van der Waals surface area contributed by atoms with Crippen molar-refractivity contribution < 1.29 is 9.53 Å². The van der Waals surface area contributed by atoms with Gasteiger partial charge in [0.2, 0.25) is 0 Å². The topological polar surface area (TPSA) is 29.5 Å². The number of likely N-dealkylation sites (tertiary alicyclic amines) is 1. The van der Waals surface area contributed by atoms with E-state index in [1.807, 2.05) is 13.0 Å². The highest BCUT2D eigenvalue weighted by molar-refractivity contribution is 6.79. The van der Waals surface area contributed by atoms with Crippen LogP contribution in [0.15, 0.2) is 12.2 Å². The van der Waals surface area contributed by atoms with Crippen molar-refractivity contribution in [1.29, 1.82) is 0 Å². The third-order valence-corrected chi connectivity index (χ3v) is 10.3. The fourth-order valence-electron chi connectivity index (χ4n) is 3.99. The van der Waals surface area contributed by atoms with Crippen LogP contribution in [0.25, 0.3) is 0 Å². The maximum atomic E-state index is 11.4. The number of allylic oxidation sites excluding steroid dienone is 1. The minimum Gasteiger partial charge on any atom is -0.463 e. The van der Waals surface area contributed by atoms with Crippen LogP contribution < -0.4 is 0 Å². The van der Waals surface area contributed by atoms with E-state index in [4.69, 9.17) is 4.74 Å². The molecule has 1 aliphatic rings. The smallest absolute Gasteiger partial charge is 0.330 e. The standard InChI is InChI=1S/C19H39NO2Si2/c1-8-22-19(21)15-10-9-11-16-20-17(23(2,3)4)13-12-14-18(20)24(5,6)7/h10,15,17-18H,8-9,11-14,16H2,1-7H3/b15-10+. The van der Waals surface area contributed by atoms with Crippen molar-refractivity contribution in [3.05, 3.63) is 12.2 Å². The average Bonchev–Trinajstić information content (AvgIpc) is 2.45. The zero-order valence-electron chi connectivity index (χ0n) is 17.0. The van der Waals surface area contributed by atoms with Gasteiger partial charge in [-0.25, -0.2) is 4.79 Å². The Morgan fingerprint density at radius 1 is 1.08 bits per heavy atom. The average molecular weight is 370 g/mol. The van der Waals surface area contributed by atoms with Crippen LogP contribution >= 0.6 is 0 Å². The summed E-state index contributed by atoms with van der Waals surface area (Å²) in [5.74, 6) is -0.213. The molecule has 5 heteroatoms. The van der Waals surface area contributed by atoms with Gasteiger partial charge in [-0.3, -0.25) is 0 Å². The van der Waals surface area contributed by atoms with Gasteiger partial charge in [0.15, 0.2) is 0 Å². The summed E-state index contributed by atoms with van der Waals surface area (Å²) in [7, 11) is -2.36. The van der Waals surface area contributed by atoms with Gasteiger partial charge >= 0.3 is 5.97 Å².